The van der Waals surface area contributed by atoms with Crippen molar-refractivity contribution in [2.45, 2.75) is 31.4 Å². The molecule has 3 N–H and O–H groups in total. The summed E-state index contributed by atoms with van der Waals surface area (Å²) < 4.78 is 5.32. The number of carbonyl (C=O) groups excluding carboxylic acids is 3. The predicted molar refractivity (Wildman–Crippen MR) is 135 cm³/mol. The number of non-ortho nitro benzene ring substituents is 1. The first-order chi connectivity index (χ1) is 17.8. The Balaban J connectivity index is 1.39. The molecule has 1 unspecified atom stereocenters. The SMILES string of the molecule is CCCO/N=C(\C(=O)NC1C(=O)N2C(C(=O)OCc3ccc([N+](=O)[O-])cc3)=CCS[C@H]12)c1csc(N)n1. The van der Waals surface area contributed by atoms with Gasteiger partial charge >= 0.3 is 5.97 Å². The molecule has 13 nitrogen and oxygen atoms in total. The van der Waals surface area contributed by atoms with Gasteiger partial charge in [0, 0.05) is 23.3 Å². The Bertz CT molecular complexity index is 1280. The Kier molecular flexibility index (Phi) is 8.03. The van der Waals surface area contributed by atoms with Crippen LogP contribution < -0.4 is 11.1 Å². The number of anilines is 1. The smallest absolute Gasteiger partial charge is 0.355 e. The normalized spacial score (nSPS) is 18.8. The van der Waals surface area contributed by atoms with E-state index in [1.165, 1.54) is 40.9 Å². The van der Waals surface area contributed by atoms with Gasteiger partial charge in [0.1, 0.15) is 36.0 Å². The molecule has 0 bridgehead atoms. The van der Waals surface area contributed by atoms with E-state index < -0.39 is 34.1 Å². The Morgan fingerprint density at radius 2 is 2.11 bits per heavy atom. The number of esters is 1. The van der Waals surface area contributed by atoms with Gasteiger partial charge in [0.25, 0.3) is 17.5 Å². The molecule has 15 heteroatoms. The molecule has 3 heterocycles. The highest BCUT2D eigenvalue weighted by molar-refractivity contribution is 8.00. The first-order valence-corrected chi connectivity index (χ1v) is 13.0. The molecule has 2 aliphatic heterocycles. The van der Waals surface area contributed by atoms with Gasteiger partial charge in [-0.25, -0.2) is 9.78 Å². The first kappa shape index (κ1) is 26.1. The average molecular weight is 547 g/mol. The molecule has 0 spiro atoms. The van der Waals surface area contributed by atoms with Crippen LogP contribution in [-0.2, 0) is 30.6 Å². The zero-order valence-corrected chi connectivity index (χ0v) is 21.1. The second kappa shape index (κ2) is 11.4. The van der Waals surface area contributed by atoms with Gasteiger partial charge in [0.2, 0.25) is 0 Å². The molecule has 2 aliphatic rings. The van der Waals surface area contributed by atoms with E-state index in [2.05, 4.69) is 15.5 Å². The third kappa shape index (κ3) is 5.72. The van der Waals surface area contributed by atoms with Crippen LogP contribution in [0.3, 0.4) is 0 Å². The summed E-state index contributed by atoms with van der Waals surface area (Å²) in [5, 5.41) is 18.6. The number of β-lactam (4-membered cyclic amide) rings is 1. The zero-order valence-electron chi connectivity index (χ0n) is 19.5. The van der Waals surface area contributed by atoms with E-state index in [0.29, 0.717) is 24.3 Å². The number of thiazole rings is 1. The van der Waals surface area contributed by atoms with Crippen LogP contribution >= 0.6 is 23.1 Å². The summed E-state index contributed by atoms with van der Waals surface area (Å²) in [6.45, 7) is 2.06. The number of thioether (sulfide) groups is 1. The number of hydrogen-bond donors (Lipinski definition) is 2. The standard InChI is InChI=1S/C22H22N6O7S2/c1-2-8-35-26-16(14-11-37-22(23)24-14)18(29)25-17-19(30)27-15(7-9-36-20(17)27)21(31)34-10-12-3-5-13(6-4-12)28(32)33/h3-7,11,17,20H,2,8-10H2,1H3,(H2,23,24)(H,25,29)/b26-16-/t17?,20-/m1/s1. The number of nitrogens with two attached hydrogens (primary N) is 1. The van der Waals surface area contributed by atoms with Crippen molar-refractivity contribution in [1.29, 1.82) is 0 Å². The summed E-state index contributed by atoms with van der Waals surface area (Å²) in [5.74, 6) is -1.42. The van der Waals surface area contributed by atoms with Gasteiger partial charge in [0.15, 0.2) is 10.8 Å². The summed E-state index contributed by atoms with van der Waals surface area (Å²) >= 11 is 2.51. The lowest BCUT2D eigenvalue weighted by atomic mass is 10.0. The van der Waals surface area contributed by atoms with E-state index in [9.17, 15) is 24.5 Å². The second-order valence-corrected chi connectivity index (χ2v) is 9.86. The highest BCUT2D eigenvalue weighted by atomic mass is 32.2. The number of aromatic nitrogens is 1. The van der Waals surface area contributed by atoms with Gasteiger partial charge < -0.3 is 20.6 Å². The fourth-order valence-corrected chi connectivity index (χ4v) is 5.22. The third-order valence-corrected chi connectivity index (χ3v) is 7.15. The lowest BCUT2D eigenvalue weighted by molar-refractivity contribution is -0.384. The average Bonchev–Trinajstić information content (AvgIpc) is 3.33. The highest BCUT2D eigenvalue weighted by Gasteiger charge is 2.53. The van der Waals surface area contributed by atoms with Crippen LogP contribution in [0.25, 0.3) is 0 Å². The van der Waals surface area contributed by atoms with E-state index in [-0.39, 0.29) is 34.5 Å². The molecule has 1 saturated heterocycles. The van der Waals surface area contributed by atoms with Crippen molar-refractivity contribution in [3.8, 4) is 0 Å². The molecular formula is C22H22N6O7S2. The summed E-state index contributed by atoms with van der Waals surface area (Å²) in [5.41, 5.74) is 6.36. The molecule has 0 saturated carbocycles. The maximum Gasteiger partial charge on any atom is 0.355 e. The number of fused-ring (bicyclic) bond motifs is 1. The number of amides is 2. The topological polar surface area (TPSA) is 179 Å². The van der Waals surface area contributed by atoms with Gasteiger partial charge in [-0.15, -0.1) is 23.1 Å². The van der Waals surface area contributed by atoms with Gasteiger partial charge in [-0.1, -0.05) is 12.1 Å². The van der Waals surface area contributed by atoms with Crippen molar-refractivity contribution in [2.24, 2.45) is 5.16 Å². The Morgan fingerprint density at radius 3 is 2.76 bits per heavy atom. The fraction of sp³-hybridized carbons (Fsp3) is 0.318. The van der Waals surface area contributed by atoms with Crippen molar-refractivity contribution in [3.63, 3.8) is 0 Å². The Morgan fingerprint density at radius 1 is 1.35 bits per heavy atom. The van der Waals surface area contributed by atoms with Gasteiger partial charge in [-0.2, -0.15) is 0 Å². The number of hydrogen-bond acceptors (Lipinski definition) is 12. The number of carbonyl (C=O) groups is 3. The molecule has 4 rings (SSSR count). The number of rotatable bonds is 10. The monoisotopic (exact) mass is 546 g/mol. The van der Waals surface area contributed by atoms with Crippen LogP contribution in [0, 0.1) is 10.1 Å². The van der Waals surface area contributed by atoms with Crippen LogP contribution in [0.15, 0.2) is 46.6 Å². The van der Waals surface area contributed by atoms with Crippen molar-refractivity contribution in [2.75, 3.05) is 18.1 Å². The zero-order chi connectivity index (χ0) is 26.5. The Labute approximate surface area is 218 Å². The van der Waals surface area contributed by atoms with Gasteiger partial charge in [0.05, 0.1) is 4.92 Å². The van der Waals surface area contributed by atoms with Crippen LogP contribution in [0.1, 0.15) is 24.6 Å². The molecule has 1 aromatic heterocycles. The summed E-state index contributed by atoms with van der Waals surface area (Å²) in [4.78, 5) is 59.4. The lowest BCUT2D eigenvalue weighted by Gasteiger charge is -2.48. The maximum absolute atomic E-state index is 13.0. The van der Waals surface area contributed by atoms with E-state index in [1.54, 1.807) is 11.5 Å². The summed E-state index contributed by atoms with van der Waals surface area (Å²) in [6, 6.07) is 4.70. The van der Waals surface area contributed by atoms with E-state index in [4.69, 9.17) is 15.3 Å². The highest BCUT2D eigenvalue weighted by Crippen LogP contribution is 2.38. The van der Waals surface area contributed by atoms with Crippen molar-refractivity contribution in [3.05, 3.63) is 62.8 Å². The molecule has 194 valence electrons. The van der Waals surface area contributed by atoms with Crippen LogP contribution in [0.5, 0.6) is 0 Å². The number of ether oxygens (including phenoxy) is 1. The van der Waals surface area contributed by atoms with Crippen LogP contribution in [0.2, 0.25) is 0 Å². The number of nitrogens with zero attached hydrogens (tertiary/aromatic N) is 4. The molecule has 0 aliphatic carbocycles. The van der Waals surface area contributed by atoms with Crippen LogP contribution in [-0.4, -0.2) is 62.1 Å². The molecule has 2 amide bonds. The third-order valence-electron chi connectivity index (χ3n) is 5.29. The summed E-state index contributed by atoms with van der Waals surface area (Å²) in [6.07, 6.45) is 2.26. The summed E-state index contributed by atoms with van der Waals surface area (Å²) in [7, 11) is 0. The number of benzene rings is 1. The Hall–Kier alpha value is -3.98. The first-order valence-electron chi connectivity index (χ1n) is 11.1. The largest absolute Gasteiger partial charge is 0.456 e. The van der Waals surface area contributed by atoms with Crippen LogP contribution in [0.4, 0.5) is 10.8 Å². The van der Waals surface area contributed by atoms with E-state index in [0.717, 1.165) is 11.3 Å². The van der Waals surface area contributed by atoms with E-state index >= 15 is 0 Å². The number of nitrogen functional groups attached to an aromatic ring is 1. The minimum absolute atomic E-state index is 0.0763. The molecule has 37 heavy (non-hydrogen) atoms. The quantitative estimate of drug-likeness (QED) is 0.111. The fourth-order valence-electron chi connectivity index (χ4n) is 3.48. The lowest BCUT2D eigenvalue weighted by Crippen LogP contribution is -2.70. The molecule has 2 aromatic rings. The minimum atomic E-state index is -0.893. The molecule has 0 radical (unpaired) electrons. The molecular weight excluding hydrogens is 524 g/mol. The number of oxime groups is 1. The molecule has 2 atom stereocenters. The number of nitrogens with one attached hydrogen (secondary N) is 1. The minimum Gasteiger partial charge on any atom is -0.456 e. The molecule has 1 aromatic carbocycles. The van der Waals surface area contributed by atoms with Gasteiger partial charge in [-0.3, -0.25) is 24.6 Å². The van der Waals surface area contributed by atoms with Crippen molar-refractivity contribution < 1.29 is 28.9 Å². The number of nitro groups is 1. The second-order valence-electron chi connectivity index (χ2n) is 7.82. The van der Waals surface area contributed by atoms with Crippen molar-refractivity contribution in [1.82, 2.24) is 15.2 Å². The van der Waals surface area contributed by atoms with Gasteiger partial charge in [-0.05, 0) is 30.2 Å². The van der Waals surface area contributed by atoms with Crippen molar-refractivity contribution >= 4 is 57.4 Å². The van der Waals surface area contributed by atoms with E-state index in [1.807, 2.05) is 6.92 Å². The predicted octanol–water partition coefficient (Wildman–Crippen LogP) is 1.79. The maximum atomic E-state index is 13.0. The molecule has 1 fully saturated rings. The number of nitro benzene ring substituents is 1.